The third-order valence-corrected chi connectivity index (χ3v) is 5.00. The van der Waals surface area contributed by atoms with E-state index in [-0.39, 0.29) is 11.8 Å². The lowest BCUT2D eigenvalue weighted by Crippen LogP contribution is -2.22. The fraction of sp³-hybridized carbons (Fsp3) is 0.429. The molecular weight excluding hydrogens is 395 g/mol. The van der Waals surface area contributed by atoms with Crippen LogP contribution in [0.15, 0.2) is 24.3 Å². The molecule has 30 heavy (non-hydrogen) atoms. The Hall–Kier alpha value is -2.81. The number of hydrogen-bond acceptors (Lipinski definition) is 6. The highest BCUT2D eigenvalue weighted by Crippen LogP contribution is 2.39. The van der Waals surface area contributed by atoms with Gasteiger partial charge in [-0.3, -0.25) is 0 Å². The maximum absolute atomic E-state index is 12.5. The van der Waals surface area contributed by atoms with Crippen LogP contribution in [-0.4, -0.2) is 42.4 Å². The number of rotatable bonds is 5. The molecule has 0 unspecified atom stereocenters. The van der Waals surface area contributed by atoms with E-state index in [2.05, 4.69) is 32.0 Å². The summed E-state index contributed by atoms with van der Waals surface area (Å²) >= 11 is 0. The normalized spacial score (nSPS) is 16.3. The molecule has 9 heteroatoms. The zero-order valence-electron chi connectivity index (χ0n) is 16.7. The number of fused-ring (bicyclic) bond motifs is 1. The van der Waals surface area contributed by atoms with Crippen molar-refractivity contribution < 1.29 is 17.9 Å². The van der Waals surface area contributed by atoms with Crippen molar-refractivity contribution in [3.63, 3.8) is 0 Å². The van der Waals surface area contributed by atoms with Gasteiger partial charge < -0.3 is 20.7 Å². The van der Waals surface area contributed by atoms with Crippen LogP contribution in [0.3, 0.4) is 0 Å². The summed E-state index contributed by atoms with van der Waals surface area (Å²) in [6.07, 6.45) is 0.696. The number of halogens is 3. The van der Waals surface area contributed by atoms with Gasteiger partial charge >= 0.3 is 6.18 Å². The molecule has 0 amide bonds. The Bertz CT molecular complexity index is 958. The Morgan fingerprint density at radius 1 is 1.17 bits per heavy atom. The molecule has 0 saturated heterocycles. The van der Waals surface area contributed by atoms with Crippen LogP contribution in [0.5, 0.6) is 5.75 Å². The van der Waals surface area contributed by atoms with Gasteiger partial charge in [0.25, 0.3) is 0 Å². The van der Waals surface area contributed by atoms with Gasteiger partial charge in [-0.15, -0.1) is 0 Å². The van der Waals surface area contributed by atoms with E-state index >= 15 is 0 Å². The number of ether oxygens (including phenoxy) is 1. The Labute approximate surface area is 173 Å². The summed E-state index contributed by atoms with van der Waals surface area (Å²) in [4.78, 5) is 8.52. The average molecular weight is 419 g/mol. The van der Waals surface area contributed by atoms with Crippen LogP contribution in [0.4, 0.5) is 30.6 Å². The highest BCUT2D eigenvalue weighted by molar-refractivity contribution is 5.77. The number of alkyl halides is 3. The van der Waals surface area contributed by atoms with Gasteiger partial charge in [0.1, 0.15) is 18.1 Å². The Balaban J connectivity index is 1.61. The highest BCUT2D eigenvalue weighted by Gasteiger charge is 2.27. The zero-order valence-corrected chi connectivity index (χ0v) is 16.7. The van der Waals surface area contributed by atoms with E-state index in [4.69, 9.17) is 4.74 Å². The van der Waals surface area contributed by atoms with E-state index in [0.29, 0.717) is 12.3 Å². The summed E-state index contributed by atoms with van der Waals surface area (Å²) in [5.74, 6) is 1.30. The number of nitrogens with zero attached hydrogens (tertiary/aromatic N) is 2. The molecule has 2 aliphatic heterocycles. The number of aryl methyl sites for hydroxylation is 1. The number of anilines is 3. The summed E-state index contributed by atoms with van der Waals surface area (Å²) in [6.45, 7) is 3.01. The van der Waals surface area contributed by atoms with E-state index in [1.165, 1.54) is 11.6 Å². The van der Waals surface area contributed by atoms with Gasteiger partial charge in [0.05, 0.1) is 6.61 Å². The van der Waals surface area contributed by atoms with Crippen LogP contribution in [-0.2, 0) is 6.42 Å². The molecule has 0 saturated carbocycles. The van der Waals surface area contributed by atoms with Crippen LogP contribution in [0.2, 0.25) is 0 Å². The number of benzene rings is 1. The zero-order chi connectivity index (χ0) is 21.1. The molecule has 0 bridgehead atoms. The molecule has 0 fully saturated rings. The number of hydrogen-bond donors (Lipinski definition) is 3. The summed E-state index contributed by atoms with van der Waals surface area (Å²) in [5.41, 5.74) is 4.76. The summed E-state index contributed by atoms with van der Waals surface area (Å²) < 4.78 is 43.5. The van der Waals surface area contributed by atoms with Crippen molar-refractivity contribution in [2.24, 2.45) is 0 Å². The van der Waals surface area contributed by atoms with Crippen molar-refractivity contribution in [2.45, 2.75) is 32.4 Å². The third kappa shape index (κ3) is 5.02. The summed E-state index contributed by atoms with van der Waals surface area (Å²) in [6, 6.07) is 5.49. The molecule has 160 valence electrons. The molecule has 0 aliphatic carbocycles. The van der Waals surface area contributed by atoms with Gasteiger partial charge in [-0.25, -0.2) is 4.98 Å². The first-order chi connectivity index (χ1) is 14.4. The molecule has 6 nitrogen and oxygen atoms in total. The van der Waals surface area contributed by atoms with Crippen LogP contribution in [0.1, 0.15) is 29.7 Å². The molecule has 2 aromatic rings. The smallest absolute Gasteiger partial charge is 0.405 e. The fourth-order valence-electron chi connectivity index (χ4n) is 3.70. The number of allylic oxidation sites excluding steroid dienone is 1. The largest absolute Gasteiger partial charge is 0.492 e. The minimum Gasteiger partial charge on any atom is -0.492 e. The van der Waals surface area contributed by atoms with Crippen molar-refractivity contribution in [1.82, 2.24) is 15.3 Å². The summed E-state index contributed by atoms with van der Waals surface area (Å²) in [7, 11) is 0. The van der Waals surface area contributed by atoms with Crippen LogP contribution >= 0.6 is 0 Å². The molecule has 3 N–H and O–H groups in total. The lowest BCUT2D eigenvalue weighted by atomic mass is 9.97. The first-order valence-electron chi connectivity index (χ1n) is 10.0. The van der Waals surface area contributed by atoms with E-state index in [9.17, 15) is 13.2 Å². The van der Waals surface area contributed by atoms with Crippen LogP contribution in [0.25, 0.3) is 5.57 Å². The Morgan fingerprint density at radius 3 is 2.87 bits per heavy atom. The predicted octanol–water partition coefficient (Wildman–Crippen LogP) is 4.20. The van der Waals surface area contributed by atoms with E-state index in [1.54, 1.807) is 6.92 Å². The summed E-state index contributed by atoms with van der Waals surface area (Å²) in [5, 5.41) is 8.84. The lowest BCUT2D eigenvalue weighted by Gasteiger charge is -2.15. The molecule has 0 radical (unpaired) electrons. The molecule has 4 rings (SSSR count). The lowest BCUT2D eigenvalue weighted by molar-refractivity contribution is -0.115. The van der Waals surface area contributed by atoms with Gasteiger partial charge in [-0.2, -0.15) is 18.2 Å². The van der Waals surface area contributed by atoms with Gasteiger partial charge in [0.15, 0.2) is 0 Å². The second-order valence-corrected chi connectivity index (χ2v) is 7.46. The van der Waals surface area contributed by atoms with E-state index in [0.717, 1.165) is 54.9 Å². The van der Waals surface area contributed by atoms with Gasteiger partial charge in [0, 0.05) is 41.5 Å². The minimum atomic E-state index is -4.32. The van der Waals surface area contributed by atoms with Gasteiger partial charge in [0.2, 0.25) is 5.95 Å². The molecule has 1 aromatic heterocycles. The standard InChI is InChI=1S/C21H24F3N5O/c1-13-9-18(26-12-21(22,23)24)29-20(27-13)28-16-10-15-5-8-30-19(15)17(11-16)14-3-2-6-25-7-4-14/h4,9-11,25H,2-3,5-8,12H2,1H3,(H2,26,27,28,29). The molecule has 3 heterocycles. The van der Waals surface area contributed by atoms with Crippen molar-refractivity contribution in [2.75, 3.05) is 36.9 Å². The highest BCUT2D eigenvalue weighted by atomic mass is 19.4. The van der Waals surface area contributed by atoms with E-state index < -0.39 is 12.7 Å². The van der Waals surface area contributed by atoms with Gasteiger partial charge in [-0.05, 0) is 44.0 Å². The fourth-order valence-corrected chi connectivity index (χ4v) is 3.70. The number of aromatic nitrogens is 2. The molecule has 0 spiro atoms. The van der Waals surface area contributed by atoms with Crippen LogP contribution < -0.4 is 20.7 Å². The monoisotopic (exact) mass is 419 g/mol. The van der Waals surface area contributed by atoms with Gasteiger partial charge in [-0.1, -0.05) is 6.08 Å². The second-order valence-electron chi connectivity index (χ2n) is 7.46. The van der Waals surface area contributed by atoms with Crippen LogP contribution in [0, 0.1) is 6.92 Å². The van der Waals surface area contributed by atoms with E-state index in [1.807, 2.05) is 12.1 Å². The average Bonchev–Trinajstić information content (AvgIpc) is 2.98. The first kappa shape index (κ1) is 20.5. The Morgan fingerprint density at radius 2 is 2.03 bits per heavy atom. The number of nitrogens with one attached hydrogen (secondary N) is 3. The van der Waals surface area contributed by atoms with Crippen molar-refractivity contribution in [3.8, 4) is 5.75 Å². The maximum atomic E-state index is 12.5. The van der Waals surface area contributed by atoms with Crippen molar-refractivity contribution in [3.05, 3.63) is 41.1 Å². The molecule has 0 atom stereocenters. The molecule has 2 aliphatic rings. The SMILES string of the molecule is Cc1cc(NCC(F)(F)F)nc(Nc2cc3c(c(C4=CCNCCC4)c2)OCC3)n1. The second kappa shape index (κ2) is 8.51. The Kier molecular flexibility index (Phi) is 5.80. The third-order valence-electron chi connectivity index (χ3n) is 5.00. The van der Waals surface area contributed by atoms with Crippen molar-refractivity contribution >= 4 is 23.0 Å². The minimum absolute atomic E-state index is 0.129. The molecular formula is C21H24F3N5O. The maximum Gasteiger partial charge on any atom is 0.405 e. The van der Waals surface area contributed by atoms with Crippen molar-refractivity contribution in [1.29, 1.82) is 0 Å². The topological polar surface area (TPSA) is 71.1 Å². The molecule has 1 aromatic carbocycles. The predicted molar refractivity (Wildman–Crippen MR) is 110 cm³/mol. The quantitative estimate of drug-likeness (QED) is 0.675. The first-order valence-corrected chi connectivity index (χ1v) is 10.0.